The highest BCUT2D eigenvalue weighted by molar-refractivity contribution is 6.35. The zero-order chi connectivity index (χ0) is 14.1. The van der Waals surface area contributed by atoms with E-state index in [4.69, 9.17) is 33.7 Å². The van der Waals surface area contributed by atoms with Crippen LogP contribution in [0.1, 0.15) is 29.2 Å². The molecule has 2 aromatic rings. The van der Waals surface area contributed by atoms with Gasteiger partial charge in [-0.25, -0.2) is 0 Å². The molecule has 0 spiro atoms. The summed E-state index contributed by atoms with van der Waals surface area (Å²) in [5, 5.41) is 1.26. The molecule has 0 aliphatic heterocycles. The van der Waals surface area contributed by atoms with Gasteiger partial charge in [-0.05, 0) is 48.2 Å². The lowest BCUT2D eigenvalue weighted by Crippen LogP contribution is -2.05. The predicted octanol–water partition coefficient (Wildman–Crippen LogP) is 4.52. The van der Waals surface area contributed by atoms with Crippen LogP contribution in [0.5, 0.6) is 5.75 Å². The molecule has 0 saturated heterocycles. The van der Waals surface area contributed by atoms with Gasteiger partial charge in [-0.2, -0.15) is 0 Å². The third-order valence-corrected chi connectivity index (χ3v) is 4.23. The number of nitrogens with two attached hydrogens (primary N) is 1. The van der Waals surface area contributed by atoms with Crippen molar-refractivity contribution in [1.82, 2.24) is 0 Å². The molecule has 1 unspecified atom stereocenters. The molecule has 2 nitrogen and oxygen atoms in total. The number of halogens is 2. The highest BCUT2D eigenvalue weighted by atomic mass is 35.5. The lowest BCUT2D eigenvalue weighted by atomic mass is 10.1. The molecule has 0 heterocycles. The second-order valence-electron chi connectivity index (χ2n) is 5.03. The summed E-state index contributed by atoms with van der Waals surface area (Å²) in [5.74, 6) is 0.851. The van der Waals surface area contributed by atoms with Crippen LogP contribution in [0.25, 0.3) is 0 Å². The minimum atomic E-state index is 0.171. The summed E-state index contributed by atoms with van der Waals surface area (Å²) in [6.45, 7) is 0.431. The molecule has 0 fully saturated rings. The van der Waals surface area contributed by atoms with Crippen LogP contribution in [-0.4, -0.2) is 0 Å². The van der Waals surface area contributed by atoms with Crippen molar-refractivity contribution in [2.24, 2.45) is 5.73 Å². The van der Waals surface area contributed by atoms with Gasteiger partial charge in [0.2, 0.25) is 0 Å². The molecule has 104 valence electrons. The van der Waals surface area contributed by atoms with Crippen molar-refractivity contribution < 1.29 is 4.74 Å². The van der Waals surface area contributed by atoms with Crippen LogP contribution < -0.4 is 10.5 Å². The van der Waals surface area contributed by atoms with Crippen LogP contribution >= 0.6 is 23.2 Å². The summed E-state index contributed by atoms with van der Waals surface area (Å²) in [5.41, 5.74) is 9.48. The van der Waals surface area contributed by atoms with Crippen LogP contribution in [0, 0.1) is 0 Å². The monoisotopic (exact) mass is 307 g/mol. The van der Waals surface area contributed by atoms with Crippen molar-refractivity contribution >= 4 is 23.2 Å². The molecule has 0 amide bonds. The van der Waals surface area contributed by atoms with Crippen molar-refractivity contribution in [2.75, 3.05) is 0 Å². The summed E-state index contributed by atoms with van der Waals surface area (Å²) in [4.78, 5) is 0. The first-order chi connectivity index (χ1) is 9.63. The van der Waals surface area contributed by atoms with E-state index in [0.29, 0.717) is 16.7 Å². The van der Waals surface area contributed by atoms with Gasteiger partial charge in [0.1, 0.15) is 12.4 Å². The van der Waals surface area contributed by atoms with E-state index < -0.39 is 0 Å². The van der Waals surface area contributed by atoms with E-state index >= 15 is 0 Å². The minimum absolute atomic E-state index is 0.171. The molecule has 0 aromatic heterocycles. The van der Waals surface area contributed by atoms with Gasteiger partial charge in [-0.3, -0.25) is 0 Å². The maximum absolute atomic E-state index is 6.13. The summed E-state index contributed by atoms with van der Waals surface area (Å²) in [7, 11) is 0. The third kappa shape index (κ3) is 2.78. The number of aryl methyl sites for hydroxylation is 1. The predicted molar refractivity (Wildman–Crippen MR) is 82.5 cm³/mol. The number of rotatable bonds is 3. The van der Waals surface area contributed by atoms with Gasteiger partial charge in [0.15, 0.2) is 0 Å². The molecule has 0 saturated carbocycles. The maximum Gasteiger partial charge on any atom is 0.120 e. The van der Waals surface area contributed by atoms with E-state index in [9.17, 15) is 0 Å². The molecule has 1 atom stereocenters. The van der Waals surface area contributed by atoms with Crippen LogP contribution in [0.3, 0.4) is 0 Å². The highest BCUT2D eigenvalue weighted by Crippen LogP contribution is 2.32. The van der Waals surface area contributed by atoms with Gasteiger partial charge in [-0.15, -0.1) is 0 Å². The lowest BCUT2D eigenvalue weighted by Gasteiger charge is -2.10. The molecule has 2 aromatic carbocycles. The van der Waals surface area contributed by atoms with Crippen molar-refractivity contribution in [3.05, 3.63) is 63.1 Å². The van der Waals surface area contributed by atoms with E-state index in [1.54, 1.807) is 6.07 Å². The average Bonchev–Trinajstić information content (AvgIpc) is 2.79. The number of hydrogen-bond acceptors (Lipinski definition) is 2. The number of hydrogen-bond donors (Lipinski definition) is 1. The summed E-state index contributed by atoms with van der Waals surface area (Å²) in [6.07, 6.45) is 2.04. The van der Waals surface area contributed by atoms with E-state index in [0.717, 1.165) is 24.2 Å². The Balaban J connectivity index is 1.73. The Bertz CT molecular complexity index is 642. The normalized spacial score (nSPS) is 17.1. The SMILES string of the molecule is NC1CCc2cc(OCc3ccc(Cl)cc3Cl)ccc21. The van der Waals surface area contributed by atoms with Gasteiger partial charge in [-0.1, -0.05) is 35.3 Å². The molecule has 3 rings (SSSR count). The van der Waals surface area contributed by atoms with Crippen LogP contribution in [-0.2, 0) is 13.0 Å². The fourth-order valence-electron chi connectivity index (χ4n) is 2.52. The van der Waals surface area contributed by atoms with Gasteiger partial charge in [0.05, 0.1) is 0 Å². The Labute approximate surface area is 128 Å². The fourth-order valence-corrected chi connectivity index (χ4v) is 2.98. The summed E-state index contributed by atoms with van der Waals surface area (Å²) < 4.78 is 5.80. The molecule has 1 aliphatic carbocycles. The standard InChI is InChI=1S/C16H15Cl2NO/c17-12-3-1-11(15(18)8-12)9-20-13-4-5-14-10(7-13)2-6-16(14)19/h1,3-5,7-8,16H,2,6,9,19H2. The van der Waals surface area contributed by atoms with Gasteiger partial charge in [0.25, 0.3) is 0 Å². The molecular formula is C16H15Cl2NO. The first kappa shape index (κ1) is 13.7. The maximum atomic E-state index is 6.13. The zero-order valence-corrected chi connectivity index (χ0v) is 12.4. The molecule has 20 heavy (non-hydrogen) atoms. The quantitative estimate of drug-likeness (QED) is 0.905. The lowest BCUT2D eigenvalue weighted by molar-refractivity contribution is 0.306. The van der Waals surface area contributed by atoms with Gasteiger partial charge < -0.3 is 10.5 Å². The number of benzene rings is 2. The number of ether oxygens (including phenoxy) is 1. The first-order valence-electron chi connectivity index (χ1n) is 6.58. The topological polar surface area (TPSA) is 35.2 Å². The minimum Gasteiger partial charge on any atom is -0.489 e. The van der Waals surface area contributed by atoms with E-state index in [1.807, 2.05) is 18.2 Å². The van der Waals surface area contributed by atoms with Gasteiger partial charge in [0, 0.05) is 21.7 Å². The van der Waals surface area contributed by atoms with Gasteiger partial charge >= 0.3 is 0 Å². The Morgan fingerprint density at radius 3 is 2.80 bits per heavy atom. The number of fused-ring (bicyclic) bond motifs is 1. The smallest absolute Gasteiger partial charge is 0.120 e. The summed E-state index contributed by atoms with van der Waals surface area (Å²) >= 11 is 12.0. The van der Waals surface area contributed by atoms with Crippen molar-refractivity contribution in [2.45, 2.75) is 25.5 Å². The Kier molecular flexibility index (Phi) is 3.88. The molecule has 1 aliphatic rings. The average molecular weight is 308 g/mol. The fraction of sp³-hybridized carbons (Fsp3) is 0.250. The second kappa shape index (κ2) is 5.65. The molecular weight excluding hydrogens is 293 g/mol. The third-order valence-electron chi connectivity index (χ3n) is 3.65. The van der Waals surface area contributed by atoms with E-state index in [-0.39, 0.29) is 6.04 Å². The van der Waals surface area contributed by atoms with E-state index in [2.05, 4.69) is 12.1 Å². The highest BCUT2D eigenvalue weighted by Gasteiger charge is 2.19. The van der Waals surface area contributed by atoms with Crippen LogP contribution in [0.15, 0.2) is 36.4 Å². The van der Waals surface area contributed by atoms with Crippen molar-refractivity contribution in [3.8, 4) is 5.75 Å². The summed E-state index contributed by atoms with van der Waals surface area (Å²) in [6, 6.07) is 11.7. The molecule has 4 heteroatoms. The molecule has 2 N–H and O–H groups in total. The Hall–Kier alpha value is -1.22. The Morgan fingerprint density at radius 2 is 2.00 bits per heavy atom. The second-order valence-corrected chi connectivity index (χ2v) is 5.87. The van der Waals surface area contributed by atoms with Crippen molar-refractivity contribution in [1.29, 1.82) is 0 Å². The Morgan fingerprint density at radius 1 is 1.15 bits per heavy atom. The van der Waals surface area contributed by atoms with Crippen LogP contribution in [0.4, 0.5) is 0 Å². The molecule has 0 radical (unpaired) electrons. The zero-order valence-electron chi connectivity index (χ0n) is 10.9. The molecule has 0 bridgehead atoms. The van der Waals surface area contributed by atoms with Crippen LogP contribution in [0.2, 0.25) is 10.0 Å². The first-order valence-corrected chi connectivity index (χ1v) is 7.34. The van der Waals surface area contributed by atoms with Crippen molar-refractivity contribution in [3.63, 3.8) is 0 Å². The van der Waals surface area contributed by atoms with E-state index in [1.165, 1.54) is 11.1 Å². The largest absolute Gasteiger partial charge is 0.489 e.